The highest BCUT2D eigenvalue weighted by molar-refractivity contribution is 5.97. The number of phenols is 1. The SMILES string of the molecule is CCCc1c(OCc2ccc(C(O)c3cncc(-c4nn[nH]n4)c3)cc2)ccc(C(C)=O)c1O. The highest BCUT2D eigenvalue weighted by Crippen LogP contribution is 2.33. The first-order valence-electron chi connectivity index (χ1n) is 10.9. The number of hydrogen-bond acceptors (Lipinski definition) is 8. The Morgan fingerprint density at radius 2 is 1.91 bits per heavy atom. The molecular formula is C25H25N5O4. The summed E-state index contributed by atoms with van der Waals surface area (Å²) in [5.41, 5.74) is 3.79. The number of aliphatic hydroxyl groups excluding tert-OH is 1. The first-order chi connectivity index (χ1) is 16.5. The van der Waals surface area contributed by atoms with E-state index in [9.17, 15) is 15.0 Å². The van der Waals surface area contributed by atoms with Crippen molar-refractivity contribution in [3.05, 3.63) is 82.7 Å². The second kappa shape index (κ2) is 10.2. The fraction of sp³-hybridized carbons (Fsp3) is 0.240. The number of carbonyl (C=O) groups is 1. The van der Waals surface area contributed by atoms with Gasteiger partial charge in [-0.15, -0.1) is 10.2 Å². The fourth-order valence-corrected chi connectivity index (χ4v) is 3.69. The lowest BCUT2D eigenvalue weighted by Gasteiger charge is -2.15. The van der Waals surface area contributed by atoms with E-state index in [0.717, 1.165) is 12.0 Å². The van der Waals surface area contributed by atoms with Gasteiger partial charge < -0.3 is 14.9 Å². The molecule has 9 heteroatoms. The van der Waals surface area contributed by atoms with Gasteiger partial charge in [0.1, 0.15) is 24.2 Å². The number of Topliss-reactive ketones (excluding diaryl/α,β-unsaturated/α-hetero) is 1. The fourth-order valence-electron chi connectivity index (χ4n) is 3.69. The largest absolute Gasteiger partial charge is 0.507 e. The van der Waals surface area contributed by atoms with E-state index in [4.69, 9.17) is 4.74 Å². The summed E-state index contributed by atoms with van der Waals surface area (Å²) < 4.78 is 5.97. The number of ketones is 1. The first kappa shape index (κ1) is 23.1. The van der Waals surface area contributed by atoms with Crippen LogP contribution < -0.4 is 4.74 Å². The Labute approximate surface area is 196 Å². The molecule has 2 aromatic heterocycles. The smallest absolute Gasteiger partial charge is 0.206 e. The van der Waals surface area contributed by atoms with E-state index in [1.807, 2.05) is 31.2 Å². The molecule has 34 heavy (non-hydrogen) atoms. The molecule has 0 amide bonds. The van der Waals surface area contributed by atoms with Gasteiger partial charge in [-0.1, -0.05) is 37.6 Å². The van der Waals surface area contributed by atoms with E-state index in [-0.39, 0.29) is 18.1 Å². The molecule has 0 radical (unpaired) electrons. The maximum Gasteiger partial charge on any atom is 0.206 e. The number of rotatable bonds is 9. The van der Waals surface area contributed by atoms with Crippen LogP contribution in [-0.4, -0.2) is 41.6 Å². The van der Waals surface area contributed by atoms with Crippen LogP contribution in [0.1, 0.15) is 59.0 Å². The molecule has 0 aliphatic rings. The third-order valence-corrected chi connectivity index (χ3v) is 5.49. The predicted molar refractivity (Wildman–Crippen MR) is 124 cm³/mol. The molecule has 0 spiro atoms. The molecule has 2 aromatic carbocycles. The van der Waals surface area contributed by atoms with Crippen molar-refractivity contribution in [2.24, 2.45) is 0 Å². The van der Waals surface area contributed by atoms with Crippen molar-refractivity contribution < 1.29 is 19.7 Å². The maximum atomic E-state index is 11.7. The lowest BCUT2D eigenvalue weighted by atomic mass is 10.0. The molecule has 0 saturated carbocycles. The minimum Gasteiger partial charge on any atom is -0.507 e. The average Bonchev–Trinajstić information content (AvgIpc) is 3.39. The normalized spacial score (nSPS) is 11.9. The Morgan fingerprint density at radius 3 is 2.59 bits per heavy atom. The van der Waals surface area contributed by atoms with Gasteiger partial charge in [-0.25, -0.2) is 0 Å². The topological polar surface area (TPSA) is 134 Å². The number of aromatic hydroxyl groups is 1. The van der Waals surface area contributed by atoms with Gasteiger partial charge in [0.25, 0.3) is 0 Å². The molecule has 0 saturated heterocycles. The Bertz CT molecular complexity index is 1270. The summed E-state index contributed by atoms with van der Waals surface area (Å²) >= 11 is 0. The Hall–Kier alpha value is -4.11. The summed E-state index contributed by atoms with van der Waals surface area (Å²) in [6.07, 6.45) is 3.74. The zero-order chi connectivity index (χ0) is 24.1. The van der Waals surface area contributed by atoms with Crippen molar-refractivity contribution in [3.8, 4) is 22.9 Å². The number of aliphatic hydroxyl groups is 1. The van der Waals surface area contributed by atoms with Gasteiger partial charge in [0.05, 0.1) is 5.56 Å². The number of benzene rings is 2. The summed E-state index contributed by atoms with van der Waals surface area (Å²) in [5.74, 6) is 0.757. The number of nitrogens with zero attached hydrogens (tertiary/aromatic N) is 4. The van der Waals surface area contributed by atoms with Crippen LogP contribution in [0.5, 0.6) is 11.5 Å². The third kappa shape index (κ3) is 4.94. The number of aromatic nitrogens is 5. The number of hydrogen-bond donors (Lipinski definition) is 3. The molecule has 9 nitrogen and oxygen atoms in total. The number of nitrogens with one attached hydrogen (secondary N) is 1. The van der Waals surface area contributed by atoms with E-state index in [2.05, 4.69) is 25.6 Å². The zero-order valence-corrected chi connectivity index (χ0v) is 18.9. The number of ether oxygens (including phenoxy) is 1. The van der Waals surface area contributed by atoms with E-state index in [1.165, 1.54) is 6.92 Å². The second-order valence-corrected chi connectivity index (χ2v) is 7.92. The van der Waals surface area contributed by atoms with Crippen LogP contribution in [0.2, 0.25) is 0 Å². The summed E-state index contributed by atoms with van der Waals surface area (Å²) in [6, 6.07) is 12.5. The van der Waals surface area contributed by atoms with Crippen LogP contribution in [0.15, 0.2) is 54.9 Å². The highest BCUT2D eigenvalue weighted by atomic mass is 16.5. The molecule has 1 unspecified atom stereocenters. The highest BCUT2D eigenvalue weighted by Gasteiger charge is 2.17. The molecule has 3 N–H and O–H groups in total. The van der Waals surface area contributed by atoms with Crippen LogP contribution in [0.4, 0.5) is 0 Å². The molecule has 0 bridgehead atoms. The van der Waals surface area contributed by atoms with E-state index in [1.54, 1.807) is 30.6 Å². The molecule has 4 aromatic rings. The monoisotopic (exact) mass is 459 g/mol. The van der Waals surface area contributed by atoms with Gasteiger partial charge in [0, 0.05) is 29.1 Å². The second-order valence-electron chi connectivity index (χ2n) is 7.92. The van der Waals surface area contributed by atoms with Crippen molar-refractivity contribution in [3.63, 3.8) is 0 Å². The molecule has 0 aliphatic heterocycles. The molecule has 174 valence electrons. The zero-order valence-electron chi connectivity index (χ0n) is 18.9. The maximum absolute atomic E-state index is 11.7. The summed E-state index contributed by atoms with van der Waals surface area (Å²) in [7, 11) is 0. The van der Waals surface area contributed by atoms with Gasteiger partial charge in [-0.05, 0) is 47.9 Å². The molecular weight excluding hydrogens is 434 g/mol. The average molecular weight is 460 g/mol. The minimum absolute atomic E-state index is 0.0121. The summed E-state index contributed by atoms with van der Waals surface area (Å²) in [4.78, 5) is 15.9. The Balaban J connectivity index is 1.47. The van der Waals surface area contributed by atoms with E-state index < -0.39 is 6.10 Å². The van der Waals surface area contributed by atoms with Crippen molar-refractivity contribution in [2.75, 3.05) is 0 Å². The molecule has 4 rings (SSSR count). The van der Waals surface area contributed by atoms with Gasteiger partial charge in [0.15, 0.2) is 5.78 Å². The van der Waals surface area contributed by atoms with Crippen LogP contribution >= 0.6 is 0 Å². The standard InChI is InChI=1S/C25H25N5O4/c1-3-4-21-22(10-9-20(15(2)31)24(21)33)34-14-16-5-7-17(8-6-16)23(32)18-11-19(13-26-12-18)25-27-29-30-28-25/h5-13,23,32-33H,3-4,14H2,1-2H3,(H,27,28,29,30). The predicted octanol–water partition coefficient (Wildman–Crippen LogP) is 3.78. The molecule has 0 aliphatic carbocycles. The van der Waals surface area contributed by atoms with Crippen molar-refractivity contribution in [2.45, 2.75) is 39.4 Å². The quantitative estimate of drug-likeness (QED) is 0.322. The van der Waals surface area contributed by atoms with Crippen molar-refractivity contribution in [1.82, 2.24) is 25.6 Å². The van der Waals surface area contributed by atoms with Crippen LogP contribution in [-0.2, 0) is 13.0 Å². The number of tetrazole rings is 1. The van der Waals surface area contributed by atoms with Gasteiger partial charge in [0.2, 0.25) is 5.82 Å². The minimum atomic E-state index is -0.874. The van der Waals surface area contributed by atoms with Crippen LogP contribution in [0, 0.1) is 0 Å². The lowest BCUT2D eigenvalue weighted by Crippen LogP contribution is -2.04. The Morgan fingerprint density at radius 1 is 1.12 bits per heavy atom. The molecule has 1 atom stereocenters. The van der Waals surface area contributed by atoms with Gasteiger partial charge >= 0.3 is 0 Å². The Kier molecular flexibility index (Phi) is 6.93. The summed E-state index contributed by atoms with van der Waals surface area (Å²) in [5, 5.41) is 35.1. The van der Waals surface area contributed by atoms with Gasteiger partial charge in [-0.3, -0.25) is 9.78 Å². The molecule has 2 heterocycles. The first-order valence-corrected chi connectivity index (χ1v) is 10.9. The number of aromatic amines is 1. The lowest BCUT2D eigenvalue weighted by molar-refractivity contribution is 0.101. The number of H-pyrrole nitrogens is 1. The number of pyridine rings is 1. The number of phenolic OH excluding ortho intramolecular Hbond substituents is 1. The summed E-state index contributed by atoms with van der Waals surface area (Å²) in [6.45, 7) is 3.71. The number of carbonyl (C=O) groups excluding carboxylic acids is 1. The van der Waals surface area contributed by atoms with Gasteiger partial charge in [-0.2, -0.15) is 5.21 Å². The van der Waals surface area contributed by atoms with E-state index in [0.29, 0.717) is 45.8 Å². The van der Waals surface area contributed by atoms with Crippen LogP contribution in [0.3, 0.4) is 0 Å². The van der Waals surface area contributed by atoms with Crippen molar-refractivity contribution >= 4 is 5.78 Å². The van der Waals surface area contributed by atoms with Crippen LogP contribution in [0.25, 0.3) is 11.4 Å². The molecule has 0 fully saturated rings. The third-order valence-electron chi connectivity index (χ3n) is 5.49. The van der Waals surface area contributed by atoms with E-state index >= 15 is 0 Å². The van der Waals surface area contributed by atoms with Crippen molar-refractivity contribution in [1.29, 1.82) is 0 Å².